The Hall–Kier alpha value is -3.36. The van der Waals surface area contributed by atoms with Gasteiger partial charge in [-0.2, -0.15) is 0 Å². The van der Waals surface area contributed by atoms with E-state index in [1.165, 1.54) is 11.1 Å². The molecule has 0 N–H and O–H groups in total. The van der Waals surface area contributed by atoms with E-state index in [1.807, 2.05) is 97.3 Å². The van der Waals surface area contributed by atoms with Crippen molar-refractivity contribution < 1.29 is 28.5 Å². The van der Waals surface area contributed by atoms with Crippen molar-refractivity contribution in [1.29, 1.82) is 0 Å². The molecular weight excluding hydrogens is 640 g/mol. The lowest BCUT2D eigenvalue weighted by molar-refractivity contribution is -0.162. The summed E-state index contributed by atoms with van der Waals surface area (Å²) in [6.07, 6.45) is 5.60. The van der Waals surface area contributed by atoms with Crippen molar-refractivity contribution in [3.8, 4) is 0 Å². The summed E-state index contributed by atoms with van der Waals surface area (Å²) < 4.78 is 24.1. The second kappa shape index (κ2) is 19.5. The molecule has 0 spiro atoms. The fourth-order valence-corrected chi connectivity index (χ4v) is 6.17. The molecule has 0 bridgehead atoms. The highest BCUT2D eigenvalue weighted by molar-refractivity contribution is 5.79. The standard InChI is InChI=1S/C43H66N2O6/c1-31(49-38(46)34(4)44-29-40(6,7)26-36-20-16-14-17-21-36)24-43(12,13)51-32(2)25-42(10,11)48-28-33(3)50-39(47)35(5)45-30-41(8,9)27-37-22-18-15-19-23-37/h14-23,29-35H,24-28H2,1-13H3. The second-order valence-corrected chi connectivity index (χ2v) is 16.9. The Morgan fingerprint density at radius 1 is 0.588 bits per heavy atom. The maximum absolute atomic E-state index is 12.9. The minimum Gasteiger partial charge on any atom is -0.461 e. The van der Waals surface area contributed by atoms with E-state index in [4.69, 9.17) is 18.9 Å². The first-order valence-corrected chi connectivity index (χ1v) is 18.5. The van der Waals surface area contributed by atoms with Crippen LogP contribution in [0.15, 0.2) is 70.6 Å². The van der Waals surface area contributed by atoms with Crippen LogP contribution in [0.5, 0.6) is 0 Å². The average molecular weight is 707 g/mol. The average Bonchev–Trinajstić information content (AvgIpc) is 3.01. The third-order valence-electron chi connectivity index (χ3n) is 8.40. The van der Waals surface area contributed by atoms with Gasteiger partial charge < -0.3 is 18.9 Å². The Morgan fingerprint density at radius 3 is 1.41 bits per heavy atom. The zero-order chi connectivity index (χ0) is 38.5. The minimum absolute atomic E-state index is 0.139. The minimum atomic E-state index is -0.610. The van der Waals surface area contributed by atoms with Crippen LogP contribution >= 0.6 is 0 Å². The van der Waals surface area contributed by atoms with E-state index < -0.39 is 29.4 Å². The molecule has 0 amide bonds. The molecule has 51 heavy (non-hydrogen) atoms. The van der Waals surface area contributed by atoms with E-state index in [-0.39, 0.29) is 41.6 Å². The first-order chi connectivity index (χ1) is 23.6. The van der Waals surface area contributed by atoms with Crippen molar-refractivity contribution >= 4 is 24.4 Å². The van der Waals surface area contributed by atoms with Gasteiger partial charge in [0.2, 0.25) is 0 Å². The summed E-state index contributed by atoms with van der Waals surface area (Å²) in [4.78, 5) is 34.7. The number of ether oxygens (including phenoxy) is 4. The van der Waals surface area contributed by atoms with E-state index in [0.717, 1.165) is 12.8 Å². The lowest BCUT2D eigenvalue weighted by Crippen LogP contribution is -2.39. The molecule has 0 saturated heterocycles. The van der Waals surface area contributed by atoms with Gasteiger partial charge in [-0.15, -0.1) is 0 Å². The van der Waals surface area contributed by atoms with Crippen molar-refractivity contribution in [3.05, 3.63) is 71.8 Å². The molecule has 0 heterocycles. The highest BCUT2D eigenvalue weighted by Gasteiger charge is 2.31. The Bertz CT molecular complexity index is 1400. The topological polar surface area (TPSA) is 95.8 Å². The number of esters is 2. The number of carbonyl (C=O) groups excluding carboxylic acids is 2. The van der Waals surface area contributed by atoms with Crippen LogP contribution < -0.4 is 0 Å². The number of rotatable bonds is 21. The number of benzene rings is 2. The van der Waals surface area contributed by atoms with Crippen LogP contribution in [0.4, 0.5) is 0 Å². The van der Waals surface area contributed by atoms with E-state index in [0.29, 0.717) is 12.8 Å². The maximum Gasteiger partial charge on any atom is 0.330 e. The van der Waals surface area contributed by atoms with E-state index >= 15 is 0 Å². The summed E-state index contributed by atoms with van der Waals surface area (Å²) in [5.74, 6) is -0.729. The predicted octanol–water partition coefficient (Wildman–Crippen LogP) is 9.07. The molecule has 5 atom stereocenters. The SMILES string of the molecule is CC(COC(C)(C)CC(C)OC(C)(C)CC(C)OC(=O)C(C)N=CC(C)(C)Cc1ccccc1)OC(=O)C(C)N=CC(C)(C)Cc1ccccc1. The fraction of sp³-hybridized carbons (Fsp3) is 0.628. The van der Waals surface area contributed by atoms with E-state index in [9.17, 15) is 9.59 Å². The molecule has 2 aromatic rings. The van der Waals surface area contributed by atoms with Crippen molar-refractivity contribution in [1.82, 2.24) is 0 Å². The molecule has 284 valence electrons. The van der Waals surface area contributed by atoms with Crippen LogP contribution in [0, 0.1) is 10.8 Å². The van der Waals surface area contributed by atoms with Gasteiger partial charge in [-0.05, 0) is 86.3 Å². The first kappa shape index (κ1) is 43.8. The van der Waals surface area contributed by atoms with Gasteiger partial charge >= 0.3 is 11.9 Å². The van der Waals surface area contributed by atoms with Gasteiger partial charge in [0.05, 0.1) is 23.9 Å². The Morgan fingerprint density at radius 2 is 0.980 bits per heavy atom. The summed E-state index contributed by atoms with van der Waals surface area (Å²) in [5.41, 5.74) is 0.989. The van der Waals surface area contributed by atoms with Gasteiger partial charge in [0.1, 0.15) is 24.3 Å². The number of hydrogen-bond donors (Lipinski definition) is 0. The molecule has 8 heteroatoms. The summed E-state index contributed by atoms with van der Waals surface area (Å²) in [7, 11) is 0. The smallest absolute Gasteiger partial charge is 0.330 e. The van der Waals surface area contributed by atoms with Crippen LogP contribution in [0.3, 0.4) is 0 Å². The van der Waals surface area contributed by atoms with Crippen LogP contribution in [0.1, 0.15) is 114 Å². The molecule has 0 aliphatic heterocycles. The van der Waals surface area contributed by atoms with Gasteiger partial charge in [0.25, 0.3) is 0 Å². The van der Waals surface area contributed by atoms with Crippen LogP contribution in [-0.4, -0.2) is 72.6 Å². The van der Waals surface area contributed by atoms with Crippen LogP contribution in [0.25, 0.3) is 0 Å². The lowest BCUT2D eigenvalue weighted by Gasteiger charge is -2.35. The van der Waals surface area contributed by atoms with Gasteiger partial charge in [-0.1, -0.05) is 88.4 Å². The third kappa shape index (κ3) is 18.1. The monoisotopic (exact) mass is 706 g/mol. The van der Waals surface area contributed by atoms with Crippen molar-refractivity contribution in [3.63, 3.8) is 0 Å². The molecule has 5 unspecified atom stereocenters. The van der Waals surface area contributed by atoms with Crippen LogP contribution in [0.2, 0.25) is 0 Å². The summed E-state index contributed by atoms with van der Waals surface area (Å²) in [6, 6.07) is 19.3. The second-order valence-electron chi connectivity index (χ2n) is 16.9. The van der Waals surface area contributed by atoms with Gasteiger partial charge in [-0.3, -0.25) is 9.98 Å². The van der Waals surface area contributed by atoms with Gasteiger partial charge in [-0.25, -0.2) is 9.59 Å². The van der Waals surface area contributed by atoms with E-state index in [2.05, 4.69) is 61.9 Å². The summed E-state index contributed by atoms with van der Waals surface area (Å²) >= 11 is 0. The van der Waals surface area contributed by atoms with Crippen molar-refractivity contribution in [2.75, 3.05) is 6.61 Å². The quantitative estimate of drug-likeness (QED) is 0.0950. The highest BCUT2D eigenvalue weighted by Crippen LogP contribution is 2.27. The largest absolute Gasteiger partial charge is 0.461 e. The third-order valence-corrected chi connectivity index (χ3v) is 8.40. The van der Waals surface area contributed by atoms with Crippen molar-refractivity contribution in [2.24, 2.45) is 20.8 Å². The summed E-state index contributed by atoms with van der Waals surface area (Å²) in [6.45, 7) is 25.9. The Balaban J connectivity index is 1.77. The van der Waals surface area contributed by atoms with Crippen molar-refractivity contribution in [2.45, 2.75) is 157 Å². The highest BCUT2D eigenvalue weighted by atomic mass is 16.6. The fourth-order valence-electron chi connectivity index (χ4n) is 6.17. The zero-order valence-corrected chi connectivity index (χ0v) is 33.7. The molecule has 2 aromatic carbocycles. The molecule has 0 aliphatic carbocycles. The zero-order valence-electron chi connectivity index (χ0n) is 33.7. The molecule has 0 radical (unpaired) electrons. The molecule has 0 saturated carbocycles. The molecule has 2 rings (SSSR count). The molecule has 0 aromatic heterocycles. The first-order valence-electron chi connectivity index (χ1n) is 18.5. The molecular formula is C43H66N2O6. The lowest BCUT2D eigenvalue weighted by atomic mass is 9.87. The number of aliphatic imine (C=N–C) groups is 2. The van der Waals surface area contributed by atoms with Gasteiger partial charge in [0, 0.05) is 36.1 Å². The Kier molecular flexibility index (Phi) is 16.7. The maximum atomic E-state index is 12.9. The molecule has 8 nitrogen and oxygen atoms in total. The summed E-state index contributed by atoms with van der Waals surface area (Å²) in [5, 5.41) is 0. The molecule has 0 fully saturated rings. The Labute approximate surface area is 308 Å². The number of carbonyl (C=O) groups is 2. The molecule has 0 aliphatic rings. The van der Waals surface area contributed by atoms with Crippen LogP contribution in [-0.2, 0) is 41.4 Å². The van der Waals surface area contributed by atoms with E-state index in [1.54, 1.807) is 13.8 Å². The number of nitrogens with zero attached hydrogens (tertiary/aromatic N) is 2. The normalized spacial score (nSPS) is 16.1. The predicted molar refractivity (Wildman–Crippen MR) is 209 cm³/mol. The van der Waals surface area contributed by atoms with Gasteiger partial charge in [0.15, 0.2) is 0 Å². The number of hydrogen-bond acceptors (Lipinski definition) is 8.